The van der Waals surface area contributed by atoms with Crippen molar-refractivity contribution in [1.82, 2.24) is 25.0 Å². The Morgan fingerprint density at radius 3 is 2.64 bits per heavy atom. The third-order valence-corrected chi connectivity index (χ3v) is 4.40. The normalized spacial score (nSPS) is 13.0. The molecular formula is C18H26F3IN6. The first-order chi connectivity index (χ1) is 12.7. The lowest BCUT2D eigenvalue weighted by Crippen LogP contribution is -2.39. The molecular weight excluding hydrogens is 484 g/mol. The summed E-state index contributed by atoms with van der Waals surface area (Å²) in [6.07, 6.45) is -2.15. The molecule has 0 amide bonds. The van der Waals surface area contributed by atoms with Crippen molar-refractivity contribution in [2.45, 2.75) is 32.0 Å². The zero-order valence-corrected chi connectivity index (χ0v) is 18.7. The number of hydrogen-bond donors (Lipinski definition) is 1. The third-order valence-electron chi connectivity index (χ3n) is 4.40. The highest BCUT2D eigenvalue weighted by Crippen LogP contribution is 2.31. The fourth-order valence-electron chi connectivity index (χ4n) is 2.72. The van der Waals surface area contributed by atoms with Crippen molar-refractivity contribution in [3.8, 4) is 0 Å². The summed E-state index contributed by atoms with van der Waals surface area (Å²) in [4.78, 5) is 10.3. The zero-order valence-electron chi connectivity index (χ0n) is 16.4. The summed E-state index contributed by atoms with van der Waals surface area (Å²) in [7, 11) is 5.40. The Balaban J connectivity index is 0.00000392. The van der Waals surface area contributed by atoms with E-state index in [0.717, 1.165) is 11.9 Å². The lowest BCUT2D eigenvalue weighted by atomic mass is 9.96. The van der Waals surface area contributed by atoms with Gasteiger partial charge in [0, 0.05) is 27.7 Å². The average Bonchev–Trinajstić information content (AvgIpc) is 3.02. The van der Waals surface area contributed by atoms with Gasteiger partial charge in [-0.25, -0.2) is 4.98 Å². The van der Waals surface area contributed by atoms with Crippen LogP contribution in [-0.4, -0.2) is 46.3 Å². The van der Waals surface area contributed by atoms with Gasteiger partial charge in [-0.1, -0.05) is 25.1 Å². The van der Waals surface area contributed by atoms with E-state index in [4.69, 9.17) is 0 Å². The summed E-state index contributed by atoms with van der Waals surface area (Å²) >= 11 is 0. The van der Waals surface area contributed by atoms with Gasteiger partial charge in [0.2, 0.25) is 0 Å². The molecule has 1 atom stereocenters. The Morgan fingerprint density at radius 2 is 2.07 bits per heavy atom. The number of guanidine groups is 1. The van der Waals surface area contributed by atoms with Crippen LogP contribution in [0.4, 0.5) is 13.2 Å². The van der Waals surface area contributed by atoms with Gasteiger partial charge in [0.15, 0.2) is 5.96 Å². The minimum absolute atomic E-state index is 0. The van der Waals surface area contributed by atoms with E-state index in [1.54, 1.807) is 17.8 Å². The molecule has 1 aromatic heterocycles. The van der Waals surface area contributed by atoms with Gasteiger partial charge in [0.05, 0.1) is 12.1 Å². The SMILES string of the molecule is CN=C(NCCC(C)c1cccc(C(F)(F)F)c1)N(C)Cc1ncnn1C.I. The molecule has 2 aromatic rings. The van der Waals surface area contributed by atoms with E-state index in [-0.39, 0.29) is 29.9 Å². The minimum atomic E-state index is -4.32. The summed E-state index contributed by atoms with van der Waals surface area (Å²) in [5.74, 6) is 1.48. The van der Waals surface area contributed by atoms with Gasteiger partial charge in [-0.2, -0.15) is 18.3 Å². The van der Waals surface area contributed by atoms with Gasteiger partial charge in [0.25, 0.3) is 0 Å². The van der Waals surface area contributed by atoms with E-state index < -0.39 is 11.7 Å². The van der Waals surface area contributed by atoms with Gasteiger partial charge in [0.1, 0.15) is 12.2 Å². The number of hydrogen-bond acceptors (Lipinski definition) is 3. The first-order valence-corrected chi connectivity index (χ1v) is 8.64. The van der Waals surface area contributed by atoms with Crippen LogP contribution in [-0.2, 0) is 19.8 Å². The van der Waals surface area contributed by atoms with Crippen molar-refractivity contribution in [3.63, 3.8) is 0 Å². The van der Waals surface area contributed by atoms with Crippen molar-refractivity contribution in [2.24, 2.45) is 12.0 Å². The molecule has 1 N–H and O–H groups in total. The van der Waals surface area contributed by atoms with E-state index in [2.05, 4.69) is 20.4 Å². The van der Waals surface area contributed by atoms with Crippen LogP contribution >= 0.6 is 24.0 Å². The fraction of sp³-hybridized carbons (Fsp3) is 0.500. The Kier molecular flexibility index (Phi) is 9.18. The second-order valence-corrected chi connectivity index (χ2v) is 6.44. The molecule has 2 rings (SSSR count). The molecule has 0 aliphatic rings. The fourth-order valence-corrected chi connectivity index (χ4v) is 2.72. The largest absolute Gasteiger partial charge is 0.416 e. The molecule has 28 heavy (non-hydrogen) atoms. The number of halogens is 4. The molecule has 0 aliphatic carbocycles. The van der Waals surface area contributed by atoms with E-state index in [0.29, 0.717) is 31.0 Å². The van der Waals surface area contributed by atoms with Gasteiger partial charge < -0.3 is 10.2 Å². The summed E-state index contributed by atoms with van der Waals surface area (Å²) in [6, 6.07) is 5.50. The lowest BCUT2D eigenvalue weighted by molar-refractivity contribution is -0.137. The van der Waals surface area contributed by atoms with Crippen LogP contribution in [0.2, 0.25) is 0 Å². The second-order valence-electron chi connectivity index (χ2n) is 6.44. The first-order valence-electron chi connectivity index (χ1n) is 8.64. The average molecular weight is 510 g/mol. The molecule has 1 unspecified atom stereocenters. The van der Waals surface area contributed by atoms with Crippen molar-refractivity contribution in [2.75, 3.05) is 20.6 Å². The molecule has 0 saturated carbocycles. The van der Waals surface area contributed by atoms with Crippen LogP contribution in [0.5, 0.6) is 0 Å². The molecule has 0 saturated heterocycles. The van der Waals surface area contributed by atoms with Gasteiger partial charge in [-0.15, -0.1) is 24.0 Å². The van der Waals surface area contributed by atoms with Crippen LogP contribution in [0.15, 0.2) is 35.6 Å². The van der Waals surface area contributed by atoms with E-state index in [1.807, 2.05) is 25.9 Å². The van der Waals surface area contributed by atoms with Crippen LogP contribution in [0.1, 0.15) is 36.2 Å². The Bertz CT molecular complexity index is 775. The lowest BCUT2D eigenvalue weighted by Gasteiger charge is -2.22. The predicted octanol–water partition coefficient (Wildman–Crippen LogP) is 3.65. The smallest absolute Gasteiger partial charge is 0.356 e. The maximum atomic E-state index is 12.9. The summed E-state index contributed by atoms with van der Waals surface area (Å²) < 4.78 is 40.3. The minimum Gasteiger partial charge on any atom is -0.356 e. The molecule has 156 valence electrons. The van der Waals surface area contributed by atoms with Crippen LogP contribution < -0.4 is 5.32 Å². The number of alkyl halides is 3. The third kappa shape index (κ3) is 6.64. The summed E-state index contributed by atoms with van der Waals surface area (Å²) in [5.41, 5.74) is 0.0630. The number of aromatic nitrogens is 3. The molecule has 0 spiro atoms. The number of benzene rings is 1. The molecule has 0 bridgehead atoms. The number of nitrogens with zero attached hydrogens (tertiary/aromatic N) is 5. The number of nitrogens with one attached hydrogen (secondary N) is 1. The number of aliphatic imine (C=N–C) groups is 1. The highest BCUT2D eigenvalue weighted by atomic mass is 127. The van der Waals surface area contributed by atoms with Crippen LogP contribution in [0.3, 0.4) is 0 Å². The monoisotopic (exact) mass is 510 g/mol. The van der Waals surface area contributed by atoms with E-state index in [1.165, 1.54) is 18.5 Å². The highest BCUT2D eigenvalue weighted by molar-refractivity contribution is 14.0. The molecule has 10 heteroatoms. The topological polar surface area (TPSA) is 58.3 Å². The highest BCUT2D eigenvalue weighted by Gasteiger charge is 2.30. The van der Waals surface area contributed by atoms with Crippen molar-refractivity contribution >= 4 is 29.9 Å². The second kappa shape index (κ2) is 10.6. The molecule has 1 heterocycles. The number of rotatable bonds is 6. The zero-order chi connectivity index (χ0) is 20.0. The first kappa shape index (κ1) is 24.2. The molecule has 6 nitrogen and oxygen atoms in total. The maximum absolute atomic E-state index is 12.9. The Labute approximate surface area is 180 Å². The predicted molar refractivity (Wildman–Crippen MR) is 114 cm³/mol. The van der Waals surface area contributed by atoms with Gasteiger partial charge in [-0.3, -0.25) is 9.67 Å². The van der Waals surface area contributed by atoms with Gasteiger partial charge >= 0.3 is 6.18 Å². The van der Waals surface area contributed by atoms with Crippen LogP contribution in [0.25, 0.3) is 0 Å². The Morgan fingerprint density at radius 1 is 1.36 bits per heavy atom. The molecule has 0 aliphatic heterocycles. The van der Waals surface area contributed by atoms with Crippen molar-refractivity contribution in [3.05, 3.63) is 47.5 Å². The molecule has 0 radical (unpaired) electrons. The summed E-state index contributed by atoms with van der Waals surface area (Å²) in [5, 5.41) is 7.28. The maximum Gasteiger partial charge on any atom is 0.416 e. The standard InChI is InChI=1S/C18H25F3N6.HI/c1-13(14-6-5-7-15(10-14)18(19,20)21)8-9-23-17(22-2)26(3)11-16-24-12-25-27(16)4;/h5-7,10,12-13H,8-9,11H2,1-4H3,(H,22,23);1H. The Hall–Kier alpha value is -1.85. The van der Waals surface area contributed by atoms with Crippen LogP contribution in [0, 0.1) is 0 Å². The van der Waals surface area contributed by atoms with E-state index >= 15 is 0 Å². The van der Waals surface area contributed by atoms with Gasteiger partial charge in [-0.05, 0) is 24.0 Å². The quantitative estimate of drug-likeness (QED) is 0.366. The molecule has 1 aromatic carbocycles. The number of aryl methyl sites for hydroxylation is 1. The summed E-state index contributed by atoms with van der Waals surface area (Å²) in [6.45, 7) is 3.05. The van der Waals surface area contributed by atoms with E-state index in [9.17, 15) is 13.2 Å². The molecule has 0 fully saturated rings. The van der Waals surface area contributed by atoms with Crippen molar-refractivity contribution < 1.29 is 13.2 Å². The van der Waals surface area contributed by atoms with Crippen molar-refractivity contribution in [1.29, 1.82) is 0 Å².